The van der Waals surface area contributed by atoms with Crippen molar-refractivity contribution in [2.75, 3.05) is 6.54 Å². The molecule has 72 valence electrons. The molecule has 0 radical (unpaired) electrons. The molecule has 1 aliphatic heterocycles. The molecule has 0 saturated heterocycles. The highest BCUT2D eigenvalue weighted by molar-refractivity contribution is 6.05. The van der Waals surface area contributed by atoms with Crippen LogP contribution in [0.4, 0.5) is 14.5 Å². The number of hydrogen-bond acceptors (Lipinski definition) is 3. The molecule has 0 unspecified atom stereocenters. The van der Waals surface area contributed by atoms with Gasteiger partial charge in [-0.2, -0.15) is 19.0 Å². The molecule has 0 fully saturated rings. The van der Waals surface area contributed by atoms with Gasteiger partial charge in [0.2, 0.25) is 5.78 Å². The highest BCUT2D eigenvalue weighted by Crippen LogP contribution is 2.30. The van der Waals surface area contributed by atoms with E-state index in [1.54, 1.807) is 6.07 Å². The number of alkyl halides is 2. The highest BCUT2D eigenvalue weighted by Gasteiger charge is 2.41. The number of hydrogen-bond donors (Lipinski definition) is 0. The molecule has 3 nitrogen and oxygen atoms in total. The van der Waals surface area contributed by atoms with Gasteiger partial charge in [-0.1, -0.05) is 12.1 Å². The fourth-order valence-corrected chi connectivity index (χ4v) is 1.22. The van der Waals surface area contributed by atoms with Crippen LogP contribution in [0.2, 0.25) is 0 Å². The smallest absolute Gasteiger partial charge is 0.287 e. The van der Waals surface area contributed by atoms with Crippen molar-refractivity contribution >= 4 is 11.5 Å². The first kappa shape index (κ1) is 8.93. The molecule has 1 aliphatic rings. The molecule has 0 N–H and O–H groups in total. The van der Waals surface area contributed by atoms with Crippen LogP contribution in [-0.4, -0.2) is 18.3 Å². The van der Waals surface area contributed by atoms with E-state index in [0.717, 1.165) is 0 Å². The van der Waals surface area contributed by atoms with Crippen molar-refractivity contribution in [2.24, 2.45) is 10.2 Å². The highest BCUT2D eigenvalue weighted by atomic mass is 19.3. The van der Waals surface area contributed by atoms with Crippen molar-refractivity contribution in [3.05, 3.63) is 29.8 Å². The second kappa shape index (κ2) is 2.94. The maximum Gasteiger partial charge on any atom is 0.330 e. The van der Waals surface area contributed by atoms with E-state index in [1.807, 2.05) is 0 Å². The third kappa shape index (κ3) is 1.30. The van der Waals surface area contributed by atoms with Gasteiger partial charge in [-0.25, -0.2) is 0 Å². The number of nitrogens with zero attached hydrogens (tertiary/aromatic N) is 2. The molecule has 0 aliphatic carbocycles. The maximum atomic E-state index is 13.0. The lowest BCUT2D eigenvalue weighted by atomic mass is 10.0. The average Bonchev–Trinajstić information content (AvgIpc) is 2.27. The summed E-state index contributed by atoms with van der Waals surface area (Å²) in [5.41, 5.74) is 0.133. The van der Waals surface area contributed by atoms with Gasteiger partial charge in [0.15, 0.2) is 0 Å². The summed E-state index contributed by atoms with van der Waals surface area (Å²) in [7, 11) is 0. The maximum absolute atomic E-state index is 13.0. The van der Waals surface area contributed by atoms with E-state index in [2.05, 4.69) is 10.2 Å². The summed E-state index contributed by atoms with van der Waals surface area (Å²) in [5, 5.41) is 6.83. The predicted octanol–water partition coefficient (Wildman–Crippen LogP) is 2.60. The monoisotopic (exact) mass is 196 g/mol. The third-order valence-electron chi connectivity index (χ3n) is 1.93. The number of carbonyl (C=O) groups is 1. The number of halogens is 2. The van der Waals surface area contributed by atoms with Gasteiger partial charge in [0, 0.05) is 0 Å². The van der Waals surface area contributed by atoms with E-state index >= 15 is 0 Å². The number of azo groups is 1. The first-order valence-corrected chi connectivity index (χ1v) is 4.00. The topological polar surface area (TPSA) is 41.8 Å². The first-order chi connectivity index (χ1) is 6.61. The number of fused-ring (bicyclic) bond motifs is 1. The fraction of sp³-hybridized carbons (Fsp3) is 0.222. The number of carbonyl (C=O) groups excluding carboxylic acids is 1. The lowest BCUT2D eigenvalue weighted by Gasteiger charge is -2.09. The van der Waals surface area contributed by atoms with Gasteiger partial charge in [-0.3, -0.25) is 4.79 Å². The molecule has 0 atom stereocenters. The van der Waals surface area contributed by atoms with Crippen molar-refractivity contribution in [1.29, 1.82) is 0 Å². The molecule has 1 aromatic carbocycles. The average molecular weight is 196 g/mol. The van der Waals surface area contributed by atoms with Gasteiger partial charge in [0.05, 0.1) is 11.3 Å². The minimum atomic E-state index is -3.43. The Morgan fingerprint density at radius 1 is 1.29 bits per heavy atom. The minimum absolute atomic E-state index is 0.0706. The van der Waals surface area contributed by atoms with Crippen LogP contribution in [-0.2, 0) is 0 Å². The van der Waals surface area contributed by atoms with Crippen LogP contribution in [0.15, 0.2) is 34.5 Å². The molecule has 0 bridgehead atoms. The van der Waals surface area contributed by atoms with E-state index in [1.165, 1.54) is 18.2 Å². The van der Waals surface area contributed by atoms with E-state index in [0.29, 0.717) is 0 Å². The summed E-state index contributed by atoms with van der Waals surface area (Å²) < 4.78 is 26.1. The van der Waals surface area contributed by atoms with Crippen molar-refractivity contribution in [2.45, 2.75) is 5.92 Å². The second-order valence-electron chi connectivity index (χ2n) is 2.95. The van der Waals surface area contributed by atoms with Gasteiger partial charge in [-0.15, -0.1) is 0 Å². The van der Waals surface area contributed by atoms with Gasteiger partial charge >= 0.3 is 5.92 Å². The molecule has 5 heteroatoms. The Morgan fingerprint density at radius 2 is 2.00 bits per heavy atom. The molecule has 0 spiro atoms. The normalized spacial score (nSPS) is 18.9. The lowest BCUT2D eigenvalue weighted by molar-refractivity contribution is 0.0164. The van der Waals surface area contributed by atoms with E-state index < -0.39 is 18.3 Å². The Balaban J connectivity index is 2.59. The summed E-state index contributed by atoms with van der Waals surface area (Å²) in [5.74, 6) is -4.64. The zero-order valence-corrected chi connectivity index (χ0v) is 7.08. The van der Waals surface area contributed by atoms with E-state index in [9.17, 15) is 13.6 Å². The van der Waals surface area contributed by atoms with Crippen molar-refractivity contribution in [3.8, 4) is 0 Å². The quantitative estimate of drug-likeness (QED) is 0.628. The third-order valence-corrected chi connectivity index (χ3v) is 1.93. The van der Waals surface area contributed by atoms with Crippen LogP contribution in [0.1, 0.15) is 10.4 Å². The summed E-state index contributed by atoms with van der Waals surface area (Å²) in [6, 6.07) is 5.95. The van der Waals surface area contributed by atoms with Crippen molar-refractivity contribution in [3.63, 3.8) is 0 Å². The molecule has 1 aromatic rings. The van der Waals surface area contributed by atoms with Crippen LogP contribution in [0.25, 0.3) is 0 Å². The van der Waals surface area contributed by atoms with Crippen LogP contribution >= 0.6 is 0 Å². The zero-order chi connectivity index (χ0) is 10.2. The lowest BCUT2D eigenvalue weighted by Crippen LogP contribution is -2.31. The first-order valence-electron chi connectivity index (χ1n) is 4.00. The minimum Gasteiger partial charge on any atom is -0.287 e. The molecule has 0 saturated carbocycles. The Labute approximate surface area is 78.5 Å². The Bertz CT molecular complexity index is 415. The van der Waals surface area contributed by atoms with Crippen LogP contribution in [0.3, 0.4) is 0 Å². The molecule has 0 amide bonds. The summed E-state index contributed by atoms with van der Waals surface area (Å²) in [4.78, 5) is 11.3. The number of Topliss-reactive ketones (excluding diaryl/α,β-unsaturated/α-hetero) is 1. The van der Waals surface area contributed by atoms with Gasteiger partial charge in [-0.05, 0) is 12.1 Å². The fourth-order valence-electron chi connectivity index (χ4n) is 1.22. The van der Waals surface area contributed by atoms with Crippen LogP contribution < -0.4 is 0 Å². The van der Waals surface area contributed by atoms with Crippen LogP contribution in [0, 0.1) is 0 Å². The summed E-state index contributed by atoms with van der Waals surface area (Å²) >= 11 is 0. The predicted molar refractivity (Wildman–Crippen MR) is 45.1 cm³/mol. The molecule has 1 heterocycles. The SMILES string of the molecule is O=C1c2ccccc2N=NCC1(F)F. The van der Waals surface area contributed by atoms with Crippen LogP contribution in [0.5, 0.6) is 0 Å². The molecule has 14 heavy (non-hydrogen) atoms. The Hall–Kier alpha value is -1.65. The Kier molecular flexibility index (Phi) is 1.87. The van der Waals surface area contributed by atoms with Gasteiger partial charge in [0.1, 0.15) is 6.54 Å². The van der Waals surface area contributed by atoms with E-state index in [-0.39, 0.29) is 11.3 Å². The summed E-state index contributed by atoms with van der Waals surface area (Å²) in [6.07, 6.45) is 0. The second-order valence-corrected chi connectivity index (χ2v) is 2.95. The molecule has 0 aromatic heterocycles. The van der Waals surface area contributed by atoms with Crippen molar-refractivity contribution < 1.29 is 13.6 Å². The number of ketones is 1. The molecular formula is C9H6F2N2O. The summed E-state index contributed by atoms with van der Waals surface area (Å²) in [6.45, 7) is -0.874. The standard InChI is InChI=1S/C9H6F2N2O/c10-9(11)5-12-13-7-4-2-1-3-6(7)8(9)14/h1-4H,5H2. The number of benzene rings is 1. The largest absolute Gasteiger partial charge is 0.330 e. The molecular weight excluding hydrogens is 190 g/mol. The van der Waals surface area contributed by atoms with Crippen molar-refractivity contribution in [1.82, 2.24) is 0 Å². The zero-order valence-electron chi connectivity index (χ0n) is 7.08. The molecule has 2 rings (SSSR count). The number of rotatable bonds is 0. The van der Waals surface area contributed by atoms with Gasteiger partial charge in [0.25, 0.3) is 0 Å². The van der Waals surface area contributed by atoms with Gasteiger partial charge < -0.3 is 0 Å². The van der Waals surface area contributed by atoms with E-state index in [4.69, 9.17) is 0 Å². The Morgan fingerprint density at radius 3 is 2.79 bits per heavy atom.